The first-order valence-electron chi connectivity index (χ1n) is 7.00. The number of benzene rings is 1. The van der Waals surface area contributed by atoms with Gasteiger partial charge >= 0.3 is 0 Å². The predicted molar refractivity (Wildman–Crippen MR) is 90.5 cm³/mol. The Labute approximate surface area is 135 Å². The molecular formula is C14H21ClN2O2S2. The number of sulfone groups is 1. The summed E-state index contributed by atoms with van der Waals surface area (Å²) in [7, 11) is -3.14. The lowest BCUT2D eigenvalue weighted by atomic mass is 10.1. The van der Waals surface area contributed by atoms with Crippen molar-refractivity contribution in [3.05, 3.63) is 34.9 Å². The molecule has 0 saturated carbocycles. The van der Waals surface area contributed by atoms with Crippen molar-refractivity contribution in [1.29, 1.82) is 0 Å². The zero-order valence-electron chi connectivity index (χ0n) is 12.0. The average Bonchev–Trinajstić information content (AvgIpc) is 2.50. The fraction of sp³-hybridized carbons (Fsp3) is 0.571. The van der Waals surface area contributed by atoms with Crippen LogP contribution in [-0.2, 0) is 9.84 Å². The fourth-order valence-electron chi connectivity index (χ4n) is 2.64. The maximum Gasteiger partial charge on any atom is 0.166 e. The first kappa shape index (κ1) is 17.1. The number of rotatable bonds is 5. The summed E-state index contributed by atoms with van der Waals surface area (Å²) in [5, 5.41) is 0.157. The summed E-state index contributed by atoms with van der Waals surface area (Å²) in [6, 6.07) is 7.36. The first-order valence-corrected chi connectivity index (χ1v) is 10.3. The maximum absolute atomic E-state index is 12.4. The molecule has 0 spiro atoms. The molecule has 2 rings (SSSR count). The lowest BCUT2D eigenvalue weighted by Gasteiger charge is -2.40. The number of halogens is 1. The molecule has 1 aliphatic heterocycles. The molecule has 0 bridgehead atoms. The van der Waals surface area contributed by atoms with Gasteiger partial charge < -0.3 is 5.73 Å². The topological polar surface area (TPSA) is 63.4 Å². The Morgan fingerprint density at radius 1 is 1.48 bits per heavy atom. The minimum Gasteiger partial charge on any atom is -0.329 e. The molecule has 2 atom stereocenters. The molecule has 0 aliphatic carbocycles. The van der Waals surface area contributed by atoms with Crippen LogP contribution in [0.5, 0.6) is 0 Å². The summed E-state index contributed by atoms with van der Waals surface area (Å²) in [5.41, 5.74) is 6.86. The molecule has 7 heteroatoms. The minimum atomic E-state index is -3.14. The highest BCUT2D eigenvalue weighted by Crippen LogP contribution is 2.33. The average molecular weight is 349 g/mol. The molecular weight excluding hydrogens is 328 g/mol. The summed E-state index contributed by atoms with van der Waals surface area (Å²) >= 11 is 7.96. The van der Waals surface area contributed by atoms with E-state index in [2.05, 4.69) is 0 Å². The lowest BCUT2D eigenvalue weighted by molar-refractivity contribution is 0.197. The van der Waals surface area contributed by atoms with E-state index in [1.165, 1.54) is 0 Å². The van der Waals surface area contributed by atoms with E-state index in [9.17, 15) is 8.42 Å². The highest BCUT2D eigenvalue weighted by atomic mass is 35.5. The monoisotopic (exact) mass is 348 g/mol. The largest absolute Gasteiger partial charge is 0.329 e. The van der Waals surface area contributed by atoms with Gasteiger partial charge in [-0.05, 0) is 11.6 Å². The Balaban J connectivity index is 2.37. The smallest absolute Gasteiger partial charge is 0.166 e. The molecule has 1 heterocycles. The molecule has 21 heavy (non-hydrogen) atoms. The molecule has 0 aromatic heterocycles. The van der Waals surface area contributed by atoms with Crippen LogP contribution in [0, 0.1) is 0 Å². The van der Waals surface area contributed by atoms with Crippen molar-refractivity contribution in [3.63, 3.8) is 0 Å². The third-order valence-corrected chi connectivity index (χ3v) is 7.48. The normalized spacial score (nSPS) is 22.1. The van der Waals surface area contributed by atoms with Crippen molar-refractivity contribution in [2.24, 2.45) is 5.73 Å². The van der Waals surface area contributed by atoms with E-state index < -0.39 is 15.2 Å². The molecule has 1 aliphatic rings. The van der Waals surface area contributed by atoms with Crippen LogP contribution in [0.25, 0.3) is 0 Å². The molecule has 0 radical (unpaired) electrons. The van der Waals surface area contributed by atoms with E-state index >= 15 is 0 Å². The van der Waals surface area contributed by atoms with E-state index in [4.69, 9.17) is 17.3 Å². The fourth-order valence-corrected chi connectivity index (χ4v) is 5.97. The van der Waals surface area contributed by atoms with E-state index in [0.717, 1.165) is 11.3 Å². The molecule has 4 nitrogen and oxygen atoms in total. The molecule has 1 saturated heterocycles. The zero-order chi connectivity index (χ0) is 15.5. The van der Waals surface area contributed by atoms with Gasteiger partial charge in [-0.15, -0.1) is 0 Å². The Kier molecular flexibility index (Phi) is 5.96. The summed E-state index contributed by atoms with van der Waals surface area (Å²) in [6.45, 7) is 2.76. The first-order chi connectivity index (χ1) is 10.0. The summed E-state index contributed by atoms with van der Waals surface area (Å²) in [5.74, 6) is 1.66. The van der Waals surface area contributed by atoms with Crippen LogP contribution in [0.4, 0.5) is 0 Å². The third kappa shape index (κ3) is 3.74. The van der Waals surface area contributed by atoms with Gasteiger partial charge in [-0.1, -0.05) is 36.7 Å². The Bertz CT molecular complexity index is 580. The van der Waals surface area contributed by atoms with Gasteiger partial charge in [0.2, 0.25) is 0 Å². The highest BCUT2D eigenvalue weighted by Gasteiger charge is 2.37. The maximum atomic E-state index is 12.4. The van der Waals surface area contributed by atoms with Crippen LogP contribution in [0.15, 0.2) is 24.3 Å². The van der Waals surface area contributed by atoms with E-state index in [1.807, 2.05) is 29.2 Å². The van der Waals surface area contributed by atoms with Crippen molar-refractivity contribution in [2.45, 2.75) is 18.3 Å². The Morgan fingerprint density at radius 2 is 2.19 bits per heavy atom. The number of hydrogen-bond donors (Lipinski definition) is 1. The second kappa shape index (κ2) is 7.33. The zero-order valence-corrected chi connectivity index (χ0v) is 14.4. The van der Waals surface area contributed by atoms with Crippen LogP contribution in [0.2, 0.25) is 5.02 Å². The molecule has 0 amide bonds. The summed E-state index contributed by atoms with van der Waals surface area (Å²) in [6.07, 6.45) is 0. The summed E-state index contributed by atoms with van der Waals surface area (Å²) in [4.78, 5) is 2.01. The van der Waals surface area contributed by atoms with E-state index in [1.54, 1.807) is 18.7 Å². The quantitative estimate of drug-likeness (QED) is 0.883. The van der Waals surface area contributed by atoms with Gasteiger partial charge in [0.1, 0.15) is 5.37 Å². The molecule has 1 aromatic carbocycles. The van der Waals surface area contributed by atoms with Crippen molar-refractivity contribution >= 4 is 33.2 Å². The standard InChI is InChI=1S/C14H21ClN2O2S2/c1-2-21(18,19)14-10-20-8-7-17(14)13(9-16)11-5-3-4-6-12(11)15/h3-6,13-14H,2,7-10,16H2,1H3. The Morgan fingerprint density at radius 3 is 2.81 bits per heavy atom. The second-order valence-electron chi connectivity index (χ2n) is 4.99. The van der Waals surface area contributed by atoms with Gasteiger partial charge in [-0.25, -0.2) is 8.42 Å². The third-order valence-electron chi connectivity index (χ3n) is 3.83. The van der Waals surface area contributed by atoms with E-state index in [-0.39, 0.29) is 11.8 Å². The van der Waals surface area contributed by atoms with Crippen LogP contribution in [-0.4, -0.2) is 49.0 Å². The summed E-state index contributed by atoms with van der Waals surface area (Å²) < 4.78 is 24.7. The van der Waals surface area contributed by atoms with E-state index in [0.29, 0.717) is 23.9 Å². The molecule has 118 valence electrons. The predicted octanol–water partition coefficient (Wildman–Crippen LogP) is 2.15. The van der Waals surface area contributed by atoms with Crippen LogP contribution < -0.4 is 5.73 Å². The minimum absolute atomic E-state index is 0.147. The van der Waals surface area contributed by atoms with Crippen molar-refractivity contribution < 1.29 is 8.42 Å². The molecule has 1 aromatic rings. The van der Waals surface area contributed by atoms with Crippen LogP contribution >= 0.6 is 23.4 Å². The molecule has 2 unspecified atom stereocenters. The van der Waals surface area contributed by atoms with Crippen molar-refractivity contribution in [2.75, 3.05) is 30.3 Å². The lowest BCUT2D eigenvalue weighted by Crippen LogP contribution is -2.51. The number of nitrogens with two attached hydrogens (primary N) is 1. The number of thioether (sulfide) groups is 1. The number of nitrogens with zero attached hydrogens (tertiary/aromatic N) is 1. The van der Waals surface area contributed by atoms with Gasteiger partial charge in [-0.3, -0.25) is 4.90 Å². The van der Waals surface area contributed by atoms with Crippen LogP contribution in [0.3, 0.4) is 0 Å². The van der Waals surface area contributed by atoms with Gasteiger partial charge in [0.25, 0.3) is 0 Å². The molecule has 1 fully saturated rings. The second-order valence-corrected chi connectivity index (χ2v) is 9.00. The Hall–Kier alpha value is -0.270. The SMILES string of the molecule is CCS(=O)(=O)C1CSCCN1C(CN)c1ccccc1Cl. The molecule has 2 N–H and O–H groups in total. The van der Waals surface area contributed by atoms with Crippen molar-refractivity contribution in [1.82, 2.24) is 4.90 Å². The van der Waals surface area contributed by atoms with Gasteiger partial charge in [0.15, 0.2) is 9.84 Å². The number of hydrogen-bond acceptors (Lipinski definition) is 5. The van der Waals surface area contributed by atoms with Gasteiger partial charge in [0.05, 0.1) is 0 Å². The van der Waals surface area contributed by atoms with Gasteiger partial charge in [-0.2, -0.15) is 11.8 Å². The van der Waals surface area contributed by atoms with Crippen LogP contribution in [0.1, 0.15) is 18.5 Å². The highest BCUT2D eigenvalue weighted by molar-refractivity contribution is 8.01. The van der Waals surface area contributed by atoms with Crippen molar-refractivity contribution in [3.8, 4) is 0 Å². The van der Waals surface area contributed by atoms with Gasteiger partial charge in [0, 0.05) is 41.4 Å².